The van der Waals surface area contributed by atoms with E-state index in [2.05, 4.69) is 9.97 Å². The Balaban J connectivity index is 2.19. The van der Waals surface area contributed by atoms with Gasteiger partial charge in [-0.05, 0) is 6.07 Å². The van der Waals surface area contributed by atoms with Crippen LogP contribution in [0, 0.1) is 0 Å². The minimum Gasteiger partial charge on any atom is -0.398 e. The van der Waals surface area contributed by atoms with Crippen molar-refractivity contribution in [2.24, 2.45) is 0 Å². The van der Waals surface area contributed by atoms with Gasteiger partial charge in [-0.1, -0.05) is 30.3 Å². The van der Waals surface area contributed by atoms with Gasteiger partial charge in [0.05, 0.1) is 10.9 Å². The largest absolute Gasteiger partial charge is 0.398 e. The lowest BCUT2D eigenvalue weighted by molar-refractivity contribution is 0.104. The van der Waals surface area contributed by atoms with Crippen molar-refractivity contribution in [2.75, 3.05) is 5.73 Å². The van der Waals surface area contributed by atoms with Crippen molar-refractivity contribution in [3.05, 3.63) is 59.9 Å². The lowest BCUT2D eigenvalue weighted by Crippen LogP contribution is -2.01. The van der Waals surface area contributed by atoms with Crippen LogP contribution in [0.4, 0.5) is 5.69 Å². The summed E-state index contributed by atoms with van der Waals surface area (Å²) in [5, 5.41) is 0.686. The Hall–Kier alpha value is -2.62. The highest BCUT2D eigenvalue weighted by Gasteiger charge is 2.16. The molecule has 0 radical (unpaired) electrons. The van der Waals surface area contributed by atoms with Crippen LogP contribution in [0.3, 0.4) is 0 Å². The molecule has 3 aromatic rings. The molecule has 2 aromatic heterocycles. The van der Waals surface area contributed by atoms with Gasteiger partial charge in [-0.2, -0.15) is 0 Å². The van der Waals surface area contributed by atoms with Crippen LogP contribution < -0.4 is 5.73 Å². The molecule has 0 unspecified atom stereocenters. The highest BCUT2D eigenvalue weighted by molar-refractivity contribution is 6.18. The van der Waals surface area contributed by atoms with Gasteiger partial charge < -0.3 is 10.7 Å². The van der Waals surface area contributed by atoms with E-state index in [1.807, 2.05) is 18.2 Å². The maximum atomic E-state index is 12.4. The van der Waals surface area contributed by atoms with E-state index >= 15 is 0 Å². The SMILES string of the molecule is Nc1ccnc2[nH]cc(C(=O)c3ccccc3)c12. The fourth-order valence-corrected chi connectivity index (χ4v) is 2.01. The minimum atomic E-state index is -0.0541. The number of nitrogens with zero attached hydrogens (tertiary/aromatic N) is 1. The highest BCUT2D eigenvalue weighted by Crippen LogP contribution is 2.24. The second kappa shape index (κ2) is 4.00. The summed E-state index contributed by atoms with van der Waals surface area (Å²) < 4.78 is 0. The molecular formula is C14H11N3O. The number of anilines is 1. The summed E-state index contributed by atoms with van der Waals surface area (Å²) in [6.07, 6.45) is 3.27. The second-order valence-electron chi connectivity index (χ2n) is 4.02. The van der Waals surface area contributed by atoms with Crippen molar-refractivity contribution in [1.82, 2.24) is 9.97 Å². The summed E-state index contributed by atoms with van der Waals surface area (Å²) >= 11 is 0. The van der Waals surface area contributed by atoms with Crippen molar-refractivity contribution in [2.45, 2.75) is 0 Å². The Bertz CT molecular complexity index is 716. The zero-order valence-electron chi connectivity index (χ0n) is 9.55. The molecular weight excluding hydrogens is 226 g/mol. The van der Waals surface area contributed by atoms with Gasteiger partial charge in [0.2, 0.25) is 0 Å². The Kier molecular flexibility index (Phi) is 2.34. The molecule has 3 rings (SSSR count). The zero-order chi connectivity index (χ0) is 12.5. The molecule has 1 aromatic carbocycles. The average Bonchev–Trinajstić information content (AvgIpc) is 2.84. The second-order valence-corrected chi connectivity index (χ2v) is 4.02. The number of nitrogens with two attached hydrogens (primary N) is 1. The van der Waals surface area contributed by atoms with Gasteiger partial charge in [0.25, 0.3) is 0 Å². The number of pyridine rings is 1. The molecule has 0 atom stereocenters. The Morgan fingerprint density at radius 3 is 2.72 bits per heavy atom. The quantitative estimate of drug-likeness (QED) is 0.672. The number of hydrogen-bond donors (Lipinski definition) is 2. The first kappa shape index (κ1) is 10.5. The van der Waals surface area contributed by atoms with Crippen LogP contribution in [0.2, 0.25) is 0 Å². The molecule has 0 saturated heterocycles. The van der Waals surface area contributed by atoms with E-state index in [1.54, 1.807) is 30.6 Å². The van der Waals surface area contributed by atoms with E-state index in [0.29, 0.717) is 27.8 Å². The summed E-state index contributed by atoms with van der Waals surface area (Å²) in [6.45, 7) is 0. The van der Waals surface area contributed by atoms with Crippen LogP contribution in [0.15, 0.2) is 48.8 Å². The van der Waals surface area contributed by atoms with Crippen molar-refractivity contribution in [1.29, 1.82) is 0 Å². The molecule has 88 valence electrons. The summed E-state index contributed by atoms with van der Waals surface area (Å²) in [4.78, 5) is 19.5. The molecule has 0 fully saturated rings. The van der Waals surface area contributed by atoms with E-state index in [1.165, 1.54) is 0 Å². The number of aromatic amines is 1. The van der Waals surface area contributed by atoms with Crippen LogP contribution in [0.1, 0.15) is 15.9 Å². The summed E-state index contributed by atoms with van der Waals surface area (Å²) in [6, 6.07) is 10.8. The first-order chi connectivity index (χ1) is 8.77. The van der Waals surface area contributed by atoms with Gasteiger partial charge in [0.1, 0.15) is 5.65 Å². The third kappa shape index (κ3) is 1.55. The fourth-order valence-electron chi connectivity index (χ4n) is 2.01. The number of nitrogen functional groups attached to an aromatic ring is 1. The third-order valence-electron chi connectivity index (χ3n) is 2.89. The van der Waals surface area contributed by atoms with Gasteiger partial charge in [-0.25, -0.2) is 4.98 Å². The third-order valence-corrected chi connectivity index (χ3v) is 2.89. The first-order valence-corrected chi connectivity index (χ1v) is 5.58. The molecule has 4 nitrogen and oxygen atoms in total. The van der Waals surface area contributed by atoms with E-state index < -0.39 is 0 Å². The highest BCUT2D eigenvalue weighted by atomic mass is 16.1. The number of carbonyl (C=O) groups is 1. The van der Waals surface area contributed by atoms with Gasteiger partial charge >= 0.3 is 0 Å². The molecule has 0 bridgehead atoms. The standard InChI is InChI=1S/C14H11N3O/c15-11-6-7-16-14-12(11)10(8-17-14)13(18)9-4-2-1-3-5-9/h1-8H,(H3,15,16,17). The molecule has 2 heterocycles. The molecule has 3 N–H and O–H groups in total. The lowest BCUT2D eigenvalue weighted by Gasteiger charge is -2.01. The molecule has 0 aliphatic carbocycles. The Labute approximate surface area is 103 Å². The molecule has 0 aliphatic rings. The van der Waals surface area contributed by atoms with Crippen molar-refractivity contribution >= 4 is 22.5 Å². The van der Waals surface area contributed by atoms with Crippen molar-refractivity contribution < 1.29 is 4.79 Å². The summed E-state index contributed by atoms with van der Waals surface area (Å²) in [5.41, 5.74) is 8.29. The number of nitrogens with one attached hydrogen (secondary N) is 1. The maximum absolute atomic E-state index is 12.4. The van der Waals surface area contributed by atoms with Crippen LogP contribution in [0.5, 0.6) is 0 Å². The number of benzene rings is 1. The topological polar surface area (TPSA) is 71.8 Å². The molecule has 0 aliphatic heterocycles. The van der Waals surface area contributed by atoms with E-state index in [9.17, 15) is 4.79 Å². The predicted octanol–water partition coefficient (Wildman–Crippen LogP) is 2.38. The number of carbonyl (C=O) groups excluding carboxylic acids is 1. The van der Waals surface area contributed by atoms with E-state index in [-0.39, 0.29) is 5.78 Å². The Morgan fingerprint density at radius 1 is 1.17 bits per heavy atom. The normalized spacial score (nSPS) is 10.7. The molecule has 18 heavy (non-hydrogen) atoms. The number of aromatic nitrogens is 2. The smallest absolute Gasteiger partial charge is 0.195 e. The van der Waals surface area contributed by atoms with Gasteiger partial charge in [0, 0.05) is 23.6 Å². The van der Waals surface area contributed by atoms with Gasteiger partial charge in [-0.3, -0.25) is 4.79 Å². The summed E-state index contributed by atoms with van der Waals surface area (Å²) in [7, 11) is 0. The van der Waals surface area contributed by atoms with Crippen LogP contribution in [-0.2, 0) is 0 Å². The van der Waals surface area contributed by atoms with Crippen LogP contribution in [-0.4, -0.2) is 15.8 Å². The molecule has 0 spiro atoms. The van der Waals surface area contributed by atoms with E-state index in [0.717, 1.165) is 0 Å². The summed E-state index contributed by atoms with van der Waals surface area (Å²) in [5.74, 6) is -0.0541. The van der Waals surface area contributed by atoms with Crippen molar-refractivity contribution in [3.8, 4) is 0 Å². The number of hydrogen-bond acceptors (Lipinski definition) is 3. The fraction of sp³-hybridized carbons (Fsp3) is 0. The number of H-pyrrole nitrogens is 1. The monoisotopic (exact) mass is 237 g/mol. The lowest BCUT2D eigenvalue weighted by atomic mass is 10.0. The predicted molar refractivity (Wildman–Crippen MR) is 70.4 cm³/mol. The number of rotatable bonds is 2. The number of ketones is 1. The van der Waals surface area contributed by atoms with E-state index in [4.69, 9.17) is 5.73 Å². The zero-order valence-corrected chi connectivity index (χ0v) is 9.55. The molecule has 0 saturated carbocycles. The van der Waals surface area contributed by atoms with Gasteiger partial charge in [0.15, 0.2) is 5.78 Å². The number of fused-ring (bicyclic) bond motifs is 1. The average molecular weight is 237 g/mol. The first-order valence-electron chi connectivity index (χ1n) is 5.58. The molecule has 0 amide bonds. The van der Waals surface area contributed by atoms with Crippen LogP contribution in [0.25, 0.3) is 11.0 Å². The van der Waals surface area contributed by atoms with Crippen molar-refractivity contribution in [3.63, 3.8) is 0 Å². The molecule has 4 heteroatoms. The van der Waals surface area contributed by atoms with Gasteiger partial charge in [-0.15, -0.1) is 0 Å². The maximum Gasteiger partial charge on any atom is 0.195 e. The minimum absolute atomic E-state index is 0.0541. The Morgan fingerprint density at radius 2 is 1.94 bits per heavy atom. The van der Waals surface area contributed by atoms with Crippen LogP contribution >= 0.6 is 0 Å².